The van der Waals surface area contributed by atoms with E-state index < -0.39 is 10.0 Å². The number of anilines is 1. The molecule has 186 valence electrons. The summed E-state index contributed by atoms with van der Waals surface area (Å²) in [5, 5.41) is 3.32. The van der Waals surface area contributed by atoms with Gasteiger partial charge in [0.2, 0.25) is 10.0 Å². The van der Waals surface area contributed by atoms with Gasteiger partial charge in [0.05, 0.1) is 30.1 Å². The fourth-order valence-electron chi connectivity index (χ4n) is 3.53. The summed E-state index contributed by atoms with van der Waals surface area (Å²) in [5.74, 6) is 0.334. The third-order valence-electron chi connectivity index (χ3n) is 5.47. The average Bonchev–Trinajstić information content (AvgIpc) is 2.85. The van der Waals surface area contributed by atoms with E-state index in [1.165, 1.54) is 16.1 Å². The van der Waals surface area contributed by atoms with Crippen molar-refractivity contribution in [2.45, 2.75) is 32.7 Å². The molecule has 0 bridgehead atoms. The van der Waals surface area contributed by atoms with Crippen LogP contribution in [-0.2, 0) is 23.0 Å². The number of unbranched alkanes of at least 4 members (excludes halogenated alkanes) is 1. The Labute approximate surface area is 212 Å². The maximum atomic E-state index is 12.5. The van der Waals surface area contributed by atoms with Crippen LogP contribution in [0.25, 0.3) is 0 Å². The van der Waals surface area contributed by atoms with Crippen molar-refractivity contribution in [2.75, 3.05) is 23.7 Å². The fraction of sp³-hybridized carbons (Fsp3) is 0.296. The van der Waals surface area contributed by atoms with E-state index in [0.29, 0.717) is 28.6 Å². The van der Waals surface area contributed by atoms with Crippen molar-refractivity contribution in [3.63, 3.8) is 0 Å². The second kappa shape index (κ2) is 12.6. The number of ether oxygens (including phenoxy) is 1. The topological polar surface area (TPSA) is 75.7 Å². The molecule has 0 aromatic heterocycles. The number of hydrogen-bond acceptors (Lipinski definition) is 4. The van der Waals surface area contributed by atoms with Gasteiger partial charge in [0.15, 0.2) is 0 Å². The van der Waals surface area contributed by atoms with Crippen LogP contribution < -0.4 is 14.4 Å². The number of rotatable bonds is 12. The number of nitrogens with one attached hydrogen (secondary N) is 1. The van der Waals surface area contributed by atoms with Gasteiger partial charge in [-0.2, -0.15) is 0 Å². The second-order valence-corrected chi connectivity index (χ2v) is 10.6. The summed E-state index contributed by atoms with van der Waals surface area (Å²) in [6, 6.07) is 21.7. The number of carbonyl (C=O) groups is 1. The van der Waals surface area contributed by atoms with Gasteiger partial charge < -0.3 is 10.1 Å². The molecule has 3 rings (SSSR count). The molecule has 0 radical (unpaired) electrons. The molecule has 0 aliphatic rings. The third kappa shape index (κ3) is 8.01. The van der Waals surface area contributed by atoms with E-state index in [1.807, 2.05) is 36.4 Å². The normalized spacial score (nSPS) is 11.2. The molecule has 1 amide bonds. The van der Waals surface area contributed by atoms with Gasteiger partial charge in [0.1, 0.15) is 12.4 Å². The molecule has 0 atom stereocenters. The van der Waals surface area contributed by atoms with Crippen molar-refractivity contribution < 1.29 is 17.9 Å². The zero-order valence-electron chi connectivity index (χ0n) is 20.0. The number of para-hydroxylation sites is 1. The standard InChI is InChI=1S/C27H31ClN2O4S/c1-3-4-7-21-12-16-24(17-13-21)30(35(2,32)33)20-22-10-14-23(15-11-22)27(31)29-18-19-34-26-9-6-5-8-25(26)28/h5-6,8-17H,3-4,7,18-20H2,1-2H3,(H,29,31). The smallest absolute Gasteiger partial charge is 0.251 e. The Kier molecular flexibility index (Phi) is 9.57. The summed E-state index contributed by atoms with van der Waals surface area (Å²) >= 11 is 6.05. The molecule has 8 heteroatoms. The van der Waals surface area contributed by atoms with Crippen molar-refractivity contribution in [3.8, 4) is 5.75 Å². The molecular formula is C27H31ClN2O4S. The van der Waals surface area contributed by atoms with Gasteiger partial charge in [-0.3, -0.25) is 9.10 Å². The van der Waals surface area contributed by atoms with E-state index in [1.54, 1.807) is 36.4 Å². The highest BCUT2D eigenvalue weighted by Crippen LogP contribution is 2.23. The SMILES string of the molecule is CCCCc1ccc(N(Cc2ccc(C(=O)NCCOc3ccccc3Cl)cc2)S(C)(=O)=O)cc1. The summed E-state index contributed by atoms with van der Waals surface area (Å²) < 4.78 is 31.9. The first-order valence-corrected chi connectivity index (χ1v) is 13.8. The molecule has 0 spiro atoms. The summed E-state index contributed by atoms with van der Waals surface area (Å²) in [6.07, 6.45) is 4.39. The van der Waals surface area contributed by atoms with Crippen molar-refractivity contribution in [1.82, 2.24) is 5.32 Å². The van der Waals surface area contributed by atoms with E-state index in [0.717, 1.165) is 24.8 Å². The molecule has 0 saturated carbocycles. The lowest BCUT2D eigenvalue weighted by molar-refractivity contribution is 0.0947. The first-order chi connectivity index (χ1) is 16.8. The van der Waals surface area contributed by atoms with Gasteiger partial charge in [-0.15, -0.1) is 0 Å². The number of halogens is 1. The Morgan fingerprint density at radius 2 is 1.63 bits per heavy atom. The number of amides is 1. The summed E-state index contributed by atoms with van der Waals surface area (Å²) in [5.41, 5.74) is 3.08. The molecule has 3 aromatic rings. The Hall–Kier alpha value is -3.03. The van der Waals surface area contributed by atoms with Crippen molar-refractivity contribution in [3.05, 3.63) is 94.5 Å². The van der Waals surface area contributed by atoms with Crippen molar-refractivity contribution in [2.24, 2.45) is 0 Å². The van der Waals surface area contributed by atoms with Crippen LogP contribution in [-0.4, -0.2) is 33.7 Å². The maximum Gasteiger partial charge on any atom is 0.251 e. The van der Waals surface area contributed by atoms with Gasteiger partial charge in [-0.25, -0.2) is 8.42 Å². The van der Waals surface area contributed by atoms with Crippen molar-refractivity contribution in [1.29, 1.82) is 0 Å². The van der Waals surface area contributed by atoms with Crippen molar-refractivity contribution >= 4 is 33.2 Å². The van der Waals surface area contributed by atoms with Gasteiger partial charge in [-0.05, 0) is 60.4 Å². The molecule has 0 aliphatic carbocycles. The number of benzene rings is 3. The molecule has 0 fully saturated rings. The molecule has 0 saturated heterocycles. The van der Waals surface area contributed by atoms with Crippen LogP contribution in [0.3, 0.4) is 0 Å². The Bertz CT molecular complexity index is 1210. The monoisotopic (exact) mass is 514 g/mol. The lowest BCUT2D eigenvalue weighted by atomic mass is 10.1. The minimum absolute atomic E-state index is 0.181. The van der Waals surface area contributed by atoms with Crippen LogP contribution in [0.15, 0.2) is 72.8 Å². The molecule has 0 heterocycles. The van der Waals surface area contributed by atoms with Crippen LogP contribution in [0.5, 0.6) is 5.75 Å². The largest absolute Gasteiger partial charge is 0.490 e. The first kappa shape index (κ1) is 26.6. The minimum atomic E-state index is -3.48. The van der Waals surface area contributed by atoms with Crippen LogP contribution in [0.4, 0.5) is 5.69 Å². The Balaban J connectivity index is 1.58. The van der Waals surface area contributed by atoms with E-state index in [9.17, 15) is 13.2 Å². The fourth-order valence-corrected chi connectivity index (χ4v) is 4.61. The highest BCUT2D eigenvalue weighted by Gasteiger charge is 2.18. The molecule has 35 heavy (non-hydrogen) atoms. The number of sulfonamides is 1. The molecule has 6 nitrogen and oxygen atoms in total. The van der Waals surface area contributed by atoms with Gasteiger partial charge in [-0.1, -0.05) is 61.3 Å². The summed E-state index contributed by atoms with van der Waals surface area (Å²) in [4.78, 5) is 12.4. The summed E-state index contributed by atoms with van der Waals surface area (Å²) in [6.45, 7) is 2.93. The zero-order valence-corrected chi connectivity index (χ0v) is 21.6. The van der Waals surface area contributed by atoms with E-state index in [-0.39, 0.29) is 19.1 Å². The average molecular weight is 515 g/mol. The zero-order chi connectivity index (χ0) is 25.3. The molecule has 1 N–H and O–H groups in total. The molecular weight excluding hydrogens is 484 g/mol. The van der Waals surface area contributed by atoms with Gasteiger partial charge >= 0.3 is 0 Å². The number of carbonyl (C=O) groups excluding carboxylic acids is 1. The molecule has 3 aromatic carbocycles. The van der Waals surface area contributed by atoms with Crippen LogP contribution in [0.2, 0.25) is 5.02 Å². The predicted molar refractivity (Wildman–Crippen MR) is 142 cm³/mol. The van der Waals surface area contributed by atoms with E-state index in [4.69, 9.17) is 16.3 Å². The van der Waals surface area contributed by atoms with E-state index in [2.05, 4.69) is 12.2 Å². The number of hydrogen-bond donors (Lipinski definition) is 1. The number of nitrogens with zero attached hydrogens (tertiary/aromatic N) is 1. The highest BCUT2D eigenvalue weighted by atomic mass is 35.5. The maximum absolute atomic E-state index is 12.5. The third-order valence-corrected chi connectivity index (χ3v) is 6.92. The first-order valence-electron chi connectivity index (χ1n) is 11.6. The number of aryl methyl sites for hydroxylation is 1. The Morgan fingerprint density at radius 3 is 2.26 bits per heavy atom. The van der Waals surface area contributed by atoms with Crippen LogP contribution in [0, 0.1) is 0 Å². The predicted octanol–water partition coefficient (Wildman–Crippen LogP) is 5.46. The summed E-state index contributed by atoms with van der Waals surface area (Å²) in [7, 11) is -3.48. The molecule has 0 aliphatic heterocycles. The van der Waals surface area contributed by atoms with Crippen LogP contribution >= 0.6 is 11.6 Å². The molecule has 0 unspecified atom stereocenters. The van der Waals surface area contributed by atoms with Gasteiger partial charge in [0.25, 0.3) is 5.91 Å². The van der Waals surface area contributed by atoms with Crippen LogP contribution in [0.1, 0.15) is 41.3 Å². The lowest BCUT2D eigenvalue weighted by Crippen LogP contribution is -2.29. The second-order valence-electron chi connectivity index (χ2n) is 8.27. The Morgan fingerprint density at radius 1 is 0.971 bits per heavy atom. The van der Waals surface area contributed by atoms with E-state index >= 15 is 0 Å². The quantitative estimate of drug-likeness (QED) is 0.326. The minimum Gasteiger partial charge on any atom is -0.490 e. The lowest BCUT2D eigenvalue weighted by Gasteiger charge is -2.23. The highest BCUT2D eigenvalue weighted by molar-refractivity contribution is 7.92. The van der Waals surface area contributed by atoms with Gasteiger partial charge in [0, 0.05) is 5.56 Å².